The highest BCUT2D eigenvalue weighted by atomic mass is 13.8. The van der Waals surface area contributed by atoms with Crippen molar-refractivity contribution in [2.45, 2.75) is 19.3 Å². The van der Waals surface area contributed by atoms with Crippen molar-refractivity contribution in [1.29, 1.82) is 0 Å². The summed E-state index contributed by atoms with van der Waals surface area (Å²) in [5.41, 5.74) is 0. The molecule has 0 amide bonds. The van der Waals surface area contributed by atoms with Crippen molar-refractivity contribution in [2.75, 3.05) is 0 Å². The Kier molecular flexibility index (Phi) is 5.54. The van der Waals surface area contributed by atoms with E-state index in [0.717, 1.165) is 19.3 Å². The second-order valence-electron chi connectivity index (χ2n) is 2.82. The first-order valence-corrected chi connectivity index (χ1v) is 4.70. The molecule has 0 N–H and O–H groups in total. The smallest absolute Gasteiger partial charge is 0.00915 e. The van der Waals surface area contributed by atoms with E-state index >= 15 is 0 Å². The maximum Gasteiger partial charge on any atom is -0.00915 e. The first-order valence-electron chi connectivity index (χ1n) is 4.70. The third kappa shape index (κ3) is 5.92. The van der Waals surface area contributed by atoms with Gasteiger partial charge in [0.1, 0.15) is 0 Å². The Hall–Kier alpha value is -1.30. The van der Waals surface area contributed by atoms with Gasteiger partial charge in [-0.1, -0.05) is 54.7 Å². The van der Waals surface area contributed by atoms with E-state index < -0.39 is 0 Å². The van der Waals surface area contributed by atoms with E-state index in [9.17, 15) is 0 Å². The predicted molar refractivity (Wildman–Crippen MR) is 58.2 cm³/mol. The molecule has 0 aromatic carbocycles. The van der Waals surface area contributed by atoms with Crippen LogP contribution < -0.4 is 0 Å². The summed E-state index contributed by atoms with van der Waals surface area (Å²) in [6.07, 6.45) is 25.0. The van der Waals surface area contributed by atoms with Gasteiger partial charge >= 0.3 is 0 Å². The maximum absolute atomic E-state index is 3.17. The summed E-state index contributed by atoms with van der Waals surface area (Å²) < 4.78 is 0. The summed E-state index contributed by atoms with van der Waals surface area (Å²) in [6.45, 7) is 0. The molecule has 0 bridgehead atoms. The second-order valence-corrected chi connectivity index (χ2v) is 2.82. The monoisotopic (exact) mass is 171 g/mol. The zero-order valence-electron chi connectivity index (χ0n) is 7.82. The van der Waals surface area contributed by atoms with Crippen LogP contribution in [0.25, 0.3) is 0 Å². The third-order valence-electron chi connectivity index (χ3n) is 1.69. The molecule has 0 saturated carbocycles. The van der Waals surface area contributed by atoms with Gasteiger partial charge in [-0.25, -0.2) is 0 Å². The van der Waals surface area contributed by atoms with Crippen LogP contribution >= 0.6 is 0 Å². The SMILES string of the molecule is [C]1=CC=CCCC=CC=CC=CC1. The van der Waals surface area contributed by atoms with Gasteiger partial charge in [0.15, 0.2) is 0 Å². The molecule has 1 aliphatic rings. The van der Waals surface area contributed by atoms with Crippen LogP contribution in [-0.2, 0) is 0 Å². The van der Waals surface area contributed by atoms with Crippen molar-refractivity contribution < 1.29 is 0 Å². The topological polar surface area (TPSA) is 0 Å². The van der Waals surface area contributed by atoms with Crippen LogP contribution in [-0.4, -0.2) is 0 Å². The van der Waals surface area contributed by atoms with E-state index in [1.165, 1.54) is 0 Å². The lowest BCUT2D eigenvalue weighted by atomic mass is 10.2. The summed E-state index contributed by atoms with van der Waals surface area (Å²) in [4.78, 5) is 0. The van der Waals surface area contributed by atoms with Crippen molar-refractivity contribution in [3.05, 3.63) is 60.8 Å². The first kappa shape index (κ1) is 9.79. The molecule has 0 fully saturated rings. The van der Waals surface area contributed by atoms with E-state index in [1.807, 2.05) is 18.2 Å². The standard InChI is InChI=1S/C13H15/c1-2-4-6-8-10-12-13-11-9-7-5-3-1/h1-6,11-13H,7-9H2. The summed E-state index contributed by atoms with van der Waals surface area (Å²) in [5.74, 6) is 0. The summed E-state index contributed by atoms with van der Waals surface area (Å²) in [6, 6.07) is 0. The lowest BCUT2D eigenvalue weighted by Gasteiger charge is -1.83. The van der Waals surface area contributed by atoms with Crippen molar-refractivity contribution in [3.63, 3.8) is 0 Å². The predicted octanol–water partition coefficient (Wildman–Crippen LogP) is 3.75. The lowest BCUT2D eigenvalue weighted by molar-refractivity contribution is 1.05. The molecule has 0 heteroatoms. The molecule has 1 aliphatic carbocycles. The molecule has 67 valence electrons. The molecular formula is C13H15. The first-order chi connectivity index (χ1) is 6.50. The molecule has 0 spiro atoms. The van der Waals surface area contributed by atoms with E-state index in [1.54, 1.807) is 0 Å². The van der Waals surface area contributed by atoms with E-state index in [2.05, 4.69) is 42.5 Å². The Morgan fingerprint density at radius 3 is 2.23 bits per heavy atom. The highest BCUT2D eigenvalue weighted by Gasteiger charge is 1.75. The van der Waals surface area contributed by atoms with Gasteiger partial charge in [-0.15, -0.1) is 0 Å². The van der Waals surface area contributed by atoms with Gasteiger partial charge in [0.25, 0.3) is 0 Å². The third-order valence-corrected chi connectivity index (χ3v) is 1.69. The van der Waals surface area contributed by atoms with Crippen molar-refractivity contribution in [2.24, 2.45) is 0 Å². The van der Waals surface area contributed by atoms with E-state index in [4.69, 9.17) is 0 Å². The highest BCUT2D eigenvalue weighted by molar-refractivity contribution is 5.12. The molecule has 1 rings (SSSR count). The van der Waals surface area contributed by atoms with Crippen LogP contribution in [0, 0.1) is 6.08 Å². The molecular weight excluding hydrogens is 156 g/mol. The van der Waals surface area contributed by atoms with Crippen molar-refractivity contribution in [3.8, 4) is 0 Å². The van der Waals surface area contributed by atoms with Gasteiger partial charge in [0, 0.05) is 0 Å². The van der Waals surface area contributed by atoms with Crippen LogP contribution in [0.2, 0.25) is 0 Å². The minimum Gasteiger partial charge on any atom is -0.0842 e. The van der Waals surface area contributed by atoms with Gasteiger partial charge in [-0.05, 0) is 25.3 Å². The molecule has 0 atom stereocenters. The molecule has 0 aromatic rings. The molecule has 0 nitrogen and oxygen atoms in total. The van der Waals surface area contributed by atoms with Gasteiger partial charge < -0.3 is 0 Å². The zero-order chi connectivity index (χ0) is 9.19. The normalized spacial score (nSPS) is 17.8. The van der Waals surface area contributed by atoms with Crippen molar-refractivity contribution >= 4 is 0 Å². The number of rotatable bonds is 0. The lowest BCUT2D eigenvalue weighted by Crippen LogP contribution is -1.63. The summed E-state index contributed by atoms with van der Waals surface area (Å²) >= 11 is 0. The molecule has 0 unspecified atom stereocenters. The second kappa shape index (κ2) is 7.35. The van der Waals surface area contributed by atoms with Crippen LogP contribution in [0.15, 0.2) is 54.7 Å². The fourth-order valence-corrected chi connectivity index (χ4v) is 1.01. The van der Waals surface area contributed by atoms with E-state index in [0.29, 0.717) is 0 Å². The number of hydrogen-bond acceptors (Lipinski definition) is 0. The highest BCUT2D eigenvalue weighted by Crippen LogP contribution is 1.95. The molecule has 1 radical (unpaired) electrons. The minimum atomic E-state index is 0.887. The fourth-order valence-electron chi connectivity index (χ4n) is 1.01. The Bertz CT molecular complexity index is 249. The molecule has 0 heterocycles. The van der Waals surface area contributed by atoms with E-state index in [-0.39, 0.29) is 0 Å². The Balaban J connectivity index is 2.49. The van der Waals surface area contributed by atoms with Crippen LogP contribution in [0.5, 0.6) is 0 Å². The minimum absolute atomic E-state index is 0.887. The van der Waals surface area contributed by atoms with Crippen molar-refractivity contribution in [1.82, 2.24) is 0 Å². The van der Waals surface area contributed by atoms with Crippen LogP contribution in [0.3, 0.4) is 0 Å². The summed E-state index contributed by atoms with van der Waals surface area (Å²) in [5, 5.41) is 0. The van der Waals surface area contributed by atoms with Crippen LogP contribution in [0.1, 0.15) is 19.3 Å². The average Bonchev–Trinajstić information content (AvgIpc) is 2.18. The molecule has 13 heavy (non-hydrogen) atoms. The molecule has 0 aliphatic heterocycles. The number of allylic oxidation sites excluding steroid dienone is 10. The van der Waals surface area contributed by atoms with Gasteiger partial charge in [-0.3, -0.25) is 0 Å². The fraction of sp³-hybridized carbons (Fsp3) is 0.231. The Morgan fingerprint density at radius 2 is 1.38 bits per heavy atom. The molecule has 0 saturated heterocycles. The maximum atomic E-state index is 3.17. The zero-order valence-corrected chi connectivity index (χ0v) is 7.82. The van der Waals surface area contributed by atoms with Gasteiger partial charge in [-0.2, -0.15) is 0 Å². The van der Waals surface area contributed by atoms with Gasteiger partial charge in [0.05, 0.1) is 0 Å². The van der Waals surface area contributed by atoms with Gasteiger partial charge in [0.2, 0.25) is 0 Å². The quantitative estimate of drug-likeness (QED) is 0.520. The van der Waals surface area contributed by atoms with Crippen LogP contribution in [0.4, 0.5) is 0 Å². The average molecular weight is 171 g/mol. The Morgan fingerprint density at radius 1 is 0.692 bits per heavy atom. The Labute approximate surface area is 80.7 Å². The largest absolute Gasteiger partial charge is 0.0842 e. The number of hydrogen-bond donors (Lipinski definition) is 0. The molecule has 0 aromatic heterocycles. The summed E-state index contributed by atoms with van der Waals surface area (Å²) in [7, 11) is 0.